The molecule has 2 rings (SSSR count). The maximum atomic E-state index is 11.8. The van der Waals surface area contributed by atoms with Gasteiger partial charge in [0.15, 0.2) is 0 Å². The first-order valence-electron chi connectivity index (χ1n) is 6.89. The minimum atomic E-state index is -0.971. The fraction of sp³-hybridized carbons (Fsp3) is 0.643. The van der Waals surface area contributed by atoms with Crippen molar-refractivity contribution in [3.05, 3.63) is 17.5 Å². The Morgan fingerprint density at radius 2 is 2.05 bits per heavy atom. The minimum absolute atomic E-state index is 0.230. The van der Waals surface area contributed by atoms with Crippen LogP contribution in [0.5, 0.6) is 0 Å². The summed E-state index contributed by atoms with van der Waals surface area (Å²) in [6, 6.07) is 0. The normalized spacial score (nSPS) is 15.7. The molecule has 0 atom stereocenters. The molecule has 7 nitrogen and oxygen atoms in total. The zero-order valence-corrected chi connectivity index (χ0v) is 12.8. The van der Waals surface area contributed by atoms with Gasteiger partial charge in [0.2, 0.25) is 0 Å². The van der Waals surface area contributed by atoms with Crippen molar-refractivity contribution >= 4 is 12.1 Å². The molecule has 0 saturated carbocycles. The molecular formula is C14H21N3O4. The average molecular weight is 295 g/mol. The molecule has 0 spiro atoms. The van der Waals surface area contributed by atoms with E-state index in [9.17, 15) is 9.59 Å². The lowest BCUT2D eigenvalue weighted by Crippen LogP contribution is -2.52. The summed E-state index contributed by atoms with van der Waals surface area (Å²) in [5.74, 6) is -0.729. The second-order valence-corrected chi connectivity index (χ2v) is 6.39. The molecule has 0 aliphatic carbocycles. The molecule has 0 bridgehead atoms. The Labute approximate surface area is 123 Å². The van der Waals surface area contributed by atoms with Gasteiger partial charge in [0.05, 0.1) is 11.9 Å². The molecular weight excluding hydrogens is 274 g/mol. The molecule has 116 valence electrons. The molecule has 1 fully saturated rings. The van der Waals surface area contributed by atoms with E-state index in [0.29, 0.717) is 25.2 Å². The van der Waals surface area contributed by atoms with Gasteiger partial charge in [0.25, 0.3) is 0 Å². The van der Waals surface area contributed by atoms with Gasteiger partial charge in [-0.2, -0.15) is 5.10 Å². The number of aromatic carboxylic acids is 1. The fourth-order valence-corrected chi connectivity index (χ4v) is 2.33. The van der Waals surface area contributed by atoms with Crippen LogP contribution in [0.3, 0.4) is 0 Å². The van der Waals surface area contributed by atoms with E-state index in [4.69, 9.17) is 9.84 Å². The SMILES string of the molecule is Cn1ncc(C(=O)O)c1CC1CN(C(=O)OC(C)(C)C)C1. The number of likely N-dealkylation sites (tertiary alicyclic amines) is 1. The number of carbonyl (C=O) groups excluding carboxylic acids is 1. The fourth-order valence-electron chi connectivity index (χ4n) is 2.33. The Morgan fingerprint density at radius 3 is 2.57 bits per heavy atom. The second kappa shape index (κ2) is 5.38. The van der Waals surface area contributed by atoms with E-state index in [2.05, 4.69) is 5.10 Å². The number of aromatic nitrogens is 2. The molecule has 1 aromatic heterocycles. The molecule has 0 radical (unpaired) electrons. The van der Waals surface area contributed by atoms with E-state index in [-0.39, 0.29) is 17.6 Å². The number of hydrogen-bond acceptors (Lipinski definition) is 4. The number of amides is 1. The standard InChI is InChI=1S/C14H21N3O4/c1-14(2,3)21-13(20)17-7-9(8-17)5-11-10(12(18)19)6-15-16(11)4/h6,9H,5,7-8H2,1-4H3,(H,18,19). The highest BCUT2D eigenvalue weighted by Gasteiger charge is 2.34. The lowest BCUT2D eigenvalue weighted by Gasteiger charge is -2.39. The number of ether oxygens (including phenoxy) is 1. The van der Waals surface area contributed by atoms with Crippen LogP contribution in [-0.4, -0.2) is 50.5 Å². The Balaban J connectivity index is 1.90. The molecule has 0 unspecified atom stereocenters. The highest BCUT2D eigenvalue weighted by Crippen LogP contribution is 2.24. The predicted octanol–water partition coefficient (Wildman–Crippen LogP) is 1.53. The lowest BCUT2D eigenvalue weighted by molar-refractivity contribution is -0.00119. The molecule has 21 heavy (non-hydrogen) atoms. The monoisotopic (exact) mass is 295 g/mol. The number of carboxylic acid groups (broad SMARTS) is 1. The first-order chi connectivity index (χ1) is 9.67. The third-order valence-electron chi connectivity index (χ3n) is 3.38. The topological polar surface area (TPSA) is 84.7 Å². The van der Waals surface area contributed by atoms with Gasteiger partial charge in [-0.15, -0.1) is 0 Å². The van der Waals surface area contributed by atoms with E-state index in [1.165, 1.54) is 6.20 Å². The molecule has 7 heteroatoms. The lowest BCUT2D eigenvalue weighted by atomic mass is 9.93. The maximum absolute atomic E-state index is 11.8. The molecule has 0 aromatic carbocycles. The third-order valence-corrected chi connectivity index (χ3v) is 3.38. The molecule has 1 aliphatic heterocycles. The van der Waals surface area contributed by atoms with Gasteiger partial charge >= 0.3 is 12.1 Å². The maximum Gasteiger partial charge on any atom is 0.410 e. The van der Waals surface area contributed by atoms with Gasteiger partial charge in [-0.05, 0) is 33.1 Å². The number of carbonyl (C=O) groups is 2. The van der Waals surface area contributed by atoms with Gasteiger partial charge < -0.3 is 14.7 Å². The summed E-state index contributed by atoms with van der Waals surface area (Å²) in [5.41, 5.74) is 0.422. The number of rotatable bonds is 3. The highest BCUT2D eigenvalue weighted by atomic mass is 16.6. The van der Waals surface area contributed by atoms with Gasteiger partial charge in [-0.1, -0.05) is 0 Å². The zero-order chi connectivity index (χ0) is 15.8. The van der Waals surface area contributed by atoms with Crippen LogP contribution >= 0.6 is 0 Å². The van der Waals surface area contributed by atoms with Crippen LogP contribution in [0.25, 0.3) is 0 Å². The average Bonchev–Trinajstić information content (AvgIpc) is 2.62. The zero-order valence-electron chi connectivity index (χ0n) is 12.8. The number of carboxylic acids is 1. The van der Waals surface area contributed by atoms with Gasteiger partial charge in [-0.3, -0.25) is 4.68 Å². The van der Waals surface area contributed by atoms with Crippen LogP contribution in [0.1, 0.15) is 36.8 Å². The summed E-state index contributed by atoms with van der Waals surface area (Å²) < 4.78 is 6.87. The molecule has 2 heterocycles. The van der Waals surface area contributed by atoms with E-state index < -0.39 is 11.6 Å². The van der Waals surface area contributed by atoms with E-state index in [1.54, 1.807) is 16.6 Å². The van der Waals surface area contributed by atoms with Gasteiger partial charge in [0.1, 0.15) is 11.2 Å². The van der Waals surface area contributed by atoms with Crippen LogP contribution in [0.15, 0.2) is 6.20 Å². The summed E-state index contributed by atoms with van der Waals surface area (Å²) in [6.45, 7) is 6.66. The summed E-state index contributed by atoms with van der Waals surface area (Å²) in [4.78, 5) is 24.6. The minimum Gasteiger partial charge on any atom is -0.478 e. The quantitative estimate of drug-likeness (QED) is 0.914. The largest absolute Gasteiger partial charge is 0.478 e. The molecule has 1 aliphatic rings. The first kappa shape index (κ1) is 15.3. The van der Waals surface area contributed by atoms with Crippen molar-refractivity contribution in [2.45, 2.75) is 32.8 Å². The van der Waals surface area contributed by atoms with Crippen LogP contribution in [-0.2, 0) is 18.2 Å². The Bertz CT molecular complexity index is 553. The van der Waals surface area contributed by atoms with Crippen LogP contribution in [0.2, 0.25) is 0 Å². The number of nitrogens with zero attached hydrogens (tertiary/aromatic N) is 3. The first-order valence-corrected chi connectivity index (χ1v) is 6.89. The number of aryl methyl sites for hydroxylation is 1. The number of hydrogen-bond donors (Lipinski definition) is 1. The van der Waals surface area contributed by atoms with Gasteiger partial charge in [0, 0.05) is 20.1 Å². The van der Waals surface area contributed by atoms with Crippen LogP contribution < -0.4 is 0 Å². The molecule has 1 aromatic rings. The van der Waals surface area contributed by atoms with Crippen molar-refractivity contribution in [2.75, 3.05) is 13.1 Å². The summed E-state index contributed by atoms with van der Waals surface area (Å²) in [7, 11) is 1.73. The van der Waals surface area contributed by atoms with Crippen LogP contribution in [0, 0.1) is 5.92 Å². The molecule has 1 N–H and O–H groups in total. The third kappa shape index (κ3) is 3.53. The van der Waals surface area contributed by atoms with Crippen molar-refractivity contribution in [3.8, 4) is 0 Å². The second-order valence-electron chi connectivity index (χ2n) is 6.39. The Morgan fingerprint density at radius 1 is 1.43 bits per heavy atom. The highest BCUT2D eigenvalue weighted by molar-refractivity contribution is 5.88. The van der Waals surface area contributed by atoms with Crippen molar-refractivity contribution in [3.63, 3.8) is 0 Å². The Hall–Kier alpha value is -2.05. The summed E-state index contributed by atoms with van der Waals surface area (Å²) >= 11 is 0. The smallest absolute Gasteiger partial charge is 0.410 e. The summed E-state index contributed by atoms with van der Waals surface area (Å²) in [6.07, 6.45) is 1.64. The van der Waals surface area contributed by atoms with Crippen LogP contribution in [0.4, 0.5) is 4.79 Å². The molecule has 1 amide bonds. The van der Waals surface area contributed by atoms with E-state index in [0.717, 1.165) is 0 Å². The van der Waals surface area contributed by atoms with E-state index >= 15 is 0 Å². The predicted molar refractivity (Wildman–Crippen MR) is 75.2 cm³/mol. The van der Waals surface area contributed by atoms with E-state index in [1.807, 2.05) is 20.8 Å². The Kier molecular flexibility index (Phi) is 3.93. The van der Waals surface area contributed by atoms with Crippen molar-refractivity contribution in [1.29, 1.82) is 0 Å². The van der Waals surface area contributed by atoms with Gasteiger partial charge in [-0.25, -0.2) is 9.59 Å². The van der Waals surface area contributed by atoms with Crippen molar-refractivity contribution in [1.82, 2.24) is 14.7 Å². The molecule has 1 saturated heterocycles. The van der Waals surface area contributed by atoms with Crippen molar-refractivity contribution in [2.24, 2.45) is 13.0 Å². The summed E-state index contributed by atoms with van der Waals surface area (Å²) in [5, 5.41) is 13.1. The van der Waals surface area contributed by atoms with Crippen molar-refractivity contribution < 1.29 is 19.4 Å².